The van der Waals surface area contributed by atoms with Crippen molar-refractivity contribution in [3.05, 3.63) is 90.9 Å². The number of halogens is 2. The molecule has 1 heterocycles. The normalized spacial score (nSPS) is 15.5. The van der Waals surface area contributed by atoms with E-state index in [4.69, 9.17) is 26.2 Å². The highest BCUT2D eigenvalue weighted by molar-refractivity contribution is 14.1. The Labute approximate surface area is 237 Å². The third kappa shape index (κ3) is 6.65. The van der Waals surface area contributed by atoms with E-state index in [1.165, 1.54) is 28.8 Å². The zero-order valence-electron chi connectivity index (χ0n) is 19.9. The van der Waals surface area contributed by atoms with E-state index >= 15 is 0 Å². The topological polar surface area (TPSA) is 88.4 Å². The summed E-state index contributed by atoms with van der Waals surface area (Å²) < 4.78 is 12.8. The van der Waals surface area contributed by atoms with Crippen molar-refractivity contribution in [2.45, 2.75) is 13.5 Å². The quantitative estimate of drug-likeness (QED) is 0.212. The molecule has 1 aliphatic rings. The van der Waals surface area contributed by atoms with Crippen molar-refractivity contribution in [1.82, 2.24) is 4.90 Å². The van der Waals surface area contributed by atoms with Crippen molar-refractivity contribution in [3.63, 3.8) is 0 Å². The highest BCUT2D eigenvalue weighted by atomic mass is 127. The Morgan fingerprint density at radius 3 is 2.49 bits per heavy atom. The fourth-order valence-electron chi connectivity index (χ4n) is 3.40. The van der Waals surface area contributed by atoms with Crippen molar-refractivity contribution >= 4 is 74.8 Å². The van der Waals surface area contributed by atoms with Gasteiger partial charge in [-0.2, -0.15) is 0 Å². The number of nitrogens with zero attached hydrogens (tertiary/aromatic N) is 2. The number of aromatic carboxylic acids is 1. The number of hydrogen-bond acceptors (Lipinski definition) is 6. The second-order valence-electron chi connectivity index (χ2n) is 7.90. The predicted octanol–water partition coefficient (Wildman–Crippen LogP) is 6.85. The van der Waals surface area contributed by atoms with E-state index < -0.39 is 5.97 Å². The van der Waals surface area contributed by atoms with E-state index in [1.54, 1.807) is 25.3 Å². The molecule has 1 saturated heterocycles. The molecule has 0 saturated carbocycles. The zero-order valence-corrected chi connectivity index (χ0v) is 23.6. The summed E-state index contributed by atoms with van der Waals surface area (Å²) in [6.07, 6.45) is 1.80. The summed E-state index contributed by atoms with van der Waals surface area (Å²) in [6, 6.07) is 17.4. The number of carbonyl (C=O) groups is 2. The summed E-state index contributed by atoms with van der Waals surface area (Å²) in [5.41, 5.74) is 2.51. The van der Waals surface area contributed by atoms with Crippen LogP contribution in [0.15, 0.2) is 70.6 Å². The van der Waals surface area contributed by atoms with Crippen LogP contribution in [-0.2, 0) is 11.4 Å². The van der Waals surface area contributed by atoms with Crippen molar-refractivity contribution in [2.24, 2.45) is 4.99 Å². The number of ether oxygens (including phenoxy) is 2. The molecule has 0 unspecified atom stereocenters. The molecule has 0 spiro atoms. The molecule has 3 aromatic rings. The number of rotatable bonds is 8. The first-order valence-corrected chi connectivity index (χ1v) is 13.5. The molecular formula is C27H22ClIN2O5S. The van der Waals surface area contributed by atoms with Crippen LogP contribution < -0.4 is 9.47 Å². The maximum Gasteiger partial charge on any atom is 0.335 e. The summed E-state index contributed by atoms with van der Waals surface area (Å²) in [4.78, 5) is 30.5. The van der Waals surface area contributed by atoms with Crippen LogP contribution in [0.25, 0.3) is 6.08 Å². The van der Waals surface area contributed by atoms with Crippen LogP contribution in [-0.4, -0.2) is 40.7 Å². The highest BCUT2D eigenvalue weighted by Crippen LogP contribution is 2.38. The lowest BCUT2D eigenvalue weighted by Crippen LogP contribution is -2.23. The first-order valence-electron chi connectivity index (χ1n) is 11.2. The van der Waals surface area contributed by atoms with E-state index in [1.807, 2.05) is 43.3 Å². The number of thioether (sulfide) groups is 1. The van der Waals surface area contributed by atoms with Gasteiger partial charge in [0.05, 0.1) is 26.3 Å². The lowest BCUT2D eigenvalue weighted by atomic mass is 10.1. The van der Waals surface area contributed by atoms with Gasteiger partial charge in [-0.25, -0.2) is 9.79 Å². The van der Waals surface area contributed by atoms with Gasteiger partial charge in [0, 0.05) is 12.1 Å². The molecule has 1 aliphatic heterocycles. The average molecular weight is 649 g/mol. The highest BCUT2D eigenvalue weighted by Gasteiger charge is 2.30. The van der Waals surface area contributed by atoms with Gasteiger partial charge >= 0.3 is 5.97 Å². The summed E-state index contributed by atoms with van der Waals surface area (Å²) in [5, 5.41) is 10.2. The van der Waals surface area contributed by atoms with Crippen LogP contribution in [0.3, 0.4) is 0 Å². The Bertz CT molecular complexity index is 1390. The minimum atomic E-state index is -1.01. The Balaban J connectivity index is 1.57. The van der Waals surface area contributed by atoms with Crippen LogP contribution in [0.4, 0.5) is 5.69 Å². The number of likely N-dealkylation sites (N-methyl/N-ethyl adjacent to an activating group) is 1. The Hall–Kier alpha value is -3.02. The number of amides is 1. The molecule has 4 rings (SSSR count). The molecule has 7 nitrogen and oxygen atoms in total. The fourth-order valence-corrected chi connectivity index (χ4v) is 5.30. The van der Waals surface area contributed by atoms with E-state index in [0.717, 1.165) is 14.7 Å². The van der Waals surface area contributed by atoms with Crippen molar-refractivity contribution in [3.8, 4) is 11.5 Å². The lowest BCUT2D eigenvalue weighted by Gasteiger charge is -2.15. The van der Waals surface area contributed by atoms with Crippen molar-refractivity contribution < 1.29 is 24.2 Å². The van der Waals surface area contributed by atoms with Gasteiger partial charge in [-0.15, -0.1) is 0 Å². The third-order valence-electron chi connectivity index (χ3n) is 5.27. The first-order chi connectivity index (χ1) is 17.7. The molecule has 190 valence electrons. The molecule has 37 heavy (non-hydrogen) atoms. The van der Waals surface area contributed by atoms with Crippen LogP contribution in [0, 0.1) is 3.57 Å². The monoisotopic (exact) mass is 648 g/mol. The van der Waals surface area contributed by atoms with E-state index in [-0.39, 0.29) is 11.5 Å². The summed E-state index contributed by atoms with van der Waals surface area (Å²) in [7, 11) is 1.66. The smallest absolute Gasteiger partial charge is 0.335 e. The van der Waals surface area contributed by atoms with E-state index in [2.05, 4.69) is 27.6 Å². The minimum absolute atomic E-state index is 0.174. The van der Waals surface area contributed by atoms with Crippen LogP contribution in [0.2, 0.25) is 5.02 Å². The number of benzene rings is 3. The molecule has 0 atom stereocenters. The van der Waals surface area contributed by atoms with Crippen LogP contribution in [0.5, 0.6) is 11.5 Å². The van der Waals surface area contributed by atoms with E-state index in [0.29, 0.717) is 45.5 Å². The molecular weight excluding hydrogens is 627 g/mol. The Morgan fingerprint density at radius 1 is 1.14 bits per heavy atom. The maximum absolute atomic E-state index is 12.9. The van der Waals surface area contributed by atoms with Crippen LogP contribution in [0.1, 0.15) is 28.4 Å². The molecule has 1 fully saturated rings. The number of hydrogen-bond donors (Lipinski definition) is 1. The molecule has 3 aromatic carbocycles. The first kappa shape index (κ1) is 27.0. The van der Waals surface area contributed by atoms with Gasteiger partial charge in [-0.3, -0.25) is 9.69 Å². The molecule has 0 aliphatic carbocycles. The summed E-state index contributed by atoms with van der Waals surface area (Å²) in [5.74, 6) is 0.0388. The van der Waals surface area contributed by atoms with Gasteiger partial charge in [0.2, 0.25) is 0 Å². The number of amidine groups is 1. The second-order valence-corrected chi connectivity index (χ2v) is 10.5. The third-order valence-corrected chi connectivity index (χ3v) is 7.38. The minimum Gasteiger partial charge on any atom is -0.490 e. The fraction of sp³-hybridized carbons (Fsp3) is 0.148. The van der Waals surface area contributed by atoms with Gasteiger partial charge in [0.25, 0.3) is 5.91 Å². The maximum atomic E-state index is 12.9. The van der Waals surface area contributed by atoms with Gasteiger partial charge in [0.15, 0.2) is 16.7 Å². The second kappa shape index (κ2) is 12.0. The van der Waals surface area contributed by atoms with Gasteiger partial charge in [-0.1, -0.05) is 23.7 Å². The molecule has 1 amide bonds. The molecule has 10 heteroatoms. The molecule has 0 bridgehead atoms. The largest absolute Gasteiger partial charge is 0.490 e. The number of carbonyl (C=O) groups excluding carboxylic acids is 1. The molecule has 0 radical (unpaired) electrons. The van der Waals surface area contributed by atoms with Crippen molar-refractivity contribution in [2.75, 3.05) is 13.7 Å². The Kier molecular flexibility index (Phi) is 8.78. The Morgan fingerprint density at radius 2 is 1.84 bits per heavy atom. The van der Waals surface area contributed by atoms with Crippen molar-refractivity contribution in [1.29, 1.82) is 0 Å². The summed E-state index contributed by atoms with van der Waals surface area (Å²) in [6.45, 7) is 2.72. The van der Waals surface area contributed by atoms with Crippen LogP contribution >= 0.6 is 46.0 Å². The van der Waals surface area contributed by atoms with Gasteiger partial charge in [-0.05, 0) is 107 Å². The lowest BCUT2D eigenvalue weighted by molar-refractivity contribution is -0.121. The predicted molar refractivity (Wildman–Crippen MR) is 155 cm³/mol. The van der Waals surface area contributed by atoms with E-state index in [9.17, 15) is 9.59 Å². The zero-order chi connectivity index (χ0) is 26.5. The number of carboxylic acids is 1. The SMILES string of the molecule is CCOc1cc(/C=C2\SC(=Nc3ccc(C(=O)O)cc3)N(C)C2=O)cc(I)c1OCc1ccc(Cl)cc1. The standard InChI is InChI=1S/C27H22ClIN2O5S/c1-3-35-22-13-17(12-21(29)24(22)36-15-16-4-8-19(28)9-5-16)14-23-25(32)31(2)27(37-23)30-20-10-6-18(7-11-20)26(33)34/h4-14H,3,15H2,1-2H3,(H,33,34)/b23-14-,30-27?. The summed E-state index contributed by atoms with van der Waals surface area (Å²) >= 11 is 9.42. The van der Waals surface area contributed by atoms with Gasteiger partial charge in [0.1, 0.15) is 6.61 Å². The average Bonchev–Trinajstić information content (AvgIpc) is 3.12. The van der Waals surface area contributed by atoms with Gasteiger partial charge < -0.3 is 14.6 Å². The molecule has 0 aromatic heterocycles. The molecule has 1 N–H and O–H groups in total. The number of carboxylic acid groups (broad SMARTS) is 1. The number of aliphatic imine (C=N–C) groups is 1.